The highest BCUT2D eigenvalue weighted by Gasteiger charge is 2.32. The molecule has 1 amide bonds. The zero-order valence-electron chi connectivity index (χ0n) is 26.0. The van der Waals surface area contributed by atoms with Crippen molar-refractivity contribution in [2.45, 2.75) is 51.9 Å². The van der Waals surface area contributed by atoms with Crippen LogP contribution >= 0.6 is 0 Å². The number of rotatable bonds is 8. The van der Waals surface area contributed by atoms with Gasteiger partial charge in [-0.05, 0) is 50.3 Å². The highest BCUT2D eigenvalue weighted by Crippen LogP contribution is 2.31. The Kier molecular flexibility index (Phi) is 13.4. The molecule has 46 heavy (non-hydrogen) atoms. The molecule has 3 atom stereocenters. The number of aryl methyl sites for hydroxylation is 1. The van der Waals surface area contributed by atoms with Gasteiger partial charge in [0.05, 0.1) is 25.4 Å². The van der Waals surface area contributed by atoms with E-state index in [-0.39, 0.29) is 36.3 Å². The molecule has 13 heteroatoms. The van der Waals surface area contributed by atoms with Crippen molar-refractivity contribution in [3.63, 3.8) is 0 Å². The molecule has 2 aromatic carbocycles. The van der Waals surface area contributed by atoms with E-state index in [0.29, 0.717) is 18.4 Å². The Morgan fingerprint density at radius 2 is 1.74 bits per heavy atom. The molecule has 10 nitrogen and oxygen atoms in total. The third kappa shape index (κ3) is 11.4. The van der Waals surface area contributed by atoms with Gasteiger partial charge in [-0.25, -0.2) is 9.78 Å². The van der Waals surface area contributed by atoms with E-state index in [2.05, 4.69) is 29.4 Å². The van der Waals surface area contributed by atoms with Gasteiger partial charge in [0.25, 0.3) is 5.91 Å². The number of benzene rings is 2. The Hall–Kier alpha value is -4.65. The maximum absolute atomic E-state index is 13.1. The summed E-state index contributed by atoms with van der Waals surface area (Å²) in [5, 5.41) is 2.53. The molecular weight excluding hydrogens is 609 g/mol. The van der Waals surface area contributed by atoms with Crippen LogP contribution in [0, 0.1) is 12.8 Å². The highest BCUT2D eigenvalue weighted by atomic mass is 19.4. The van der Waals surface area contributed by atoms with Crippen LogP contribution in [-0.4, -0.2) is 62.1 Å². The predicted octanol–water partition coefficient (Wildman–Crippen LogP) is 5.31. The molecule has 1 N–H and O–H groups in total. The molecule has 1 aliphatic rings. The molecule has 0 bridgehead atoms. The van der Waals surface area contributed by atoms with Crippen LogP contribution in [0.2, 0.25) is 0 Å². The summed E-state index contributed by atoms with van der Waals surface area (Å²) in [5.41, 5.74) is 1.05. The van der Waals surface area contributed by atoms with Crippen molar-refractivity contribution in [3.8, 4) is 11.5 Å². The van der Waals surface area contributed by atoms with E-state index < -0.39 is 48.5 Å². The summed E-state index contributed by atoms with van der Waals surface area (Å²) in [6.45, 7) is 4.43. The first kappa shape index (κ1) is 35.8. The van der Waals surface area contributed by atoms with Gasteiger partial charge >= 0.3 is 18.1 Å². The zero-order chi connectivity index (χ0) is 33.7. The van der Waals surface area contributed by atoms with Gasteiger partial charge in [-0.15, -0.1) is 0 Å². The zero-order valence-corrected chi connectivity index (χ0v) is 26.0. The van der Waals surface area contributed by atoms with Crippen molar-refractivity contribution in [2.24, 2.45) is 5.92 Å². The summed E-state index contributed by atoms with van der Waals surface area (Å²) >= 11 is 0. The summed E-state index contributed by atoms with van der Waals surface area (Å²) in [7, 11) is 1.35. The average Bonchev–Trinajstić information content (AvgIpc) is 3.06. The van der Waals surface area contributed by atoms with Crippen LogP contribution in [0.25, 0.3) is 0 Å². The van der Waals surface area contributed by atoms with E-state index in [1.165, 1.54) is 44.0 Å². The molecule has 0 aliphatic carbocycles. The number of nitrogens with zero attached hydrogens (tertiary/aromatic N) is 1. The third-order valence-corrected chi connectivity index (χ3v) is 6.73. The summed E-state index contributed by atoms with van der Waals surface area (Å²) in [6, 6.07) is 15.4. The topological polar surface area (TPSA) is 122 Å². The molecule has 1 aliphatic heterocycles. The number of methoxy groups -OCH3 is 1. The Labute approximate surface area is 265 Å². The first-order chi connectivity index (χ1) is 21.9. The quantitative estimate of drug-likeness (QED) is 0.256. The van der Waals surface area contributed by atoms with E-state index in [9.17, 15) is 27.6 Å². The SMILES string of the molecule is COc1ccnc(C(=O)N[C@H]2COCC(Cc3ccc(C(F)(F)F)cc3)CC(C)OC2=O)c1OCOC(C)=O.Cc1ccccc1. The molecule has 248 valence electrons. The summed E-state index contributed by atoms with van der Waals surface area (Å²) < 4.78 is 65.1. The molecule has 1 fully saturated rings. The number of hydrogen-bond acceptors (Lipinski definition) is 9. The number of aromatic nitrogens is 1. The minimum absolute atomic E-state index is 0.0962. The van der Waals surface area contributed by atoms with Crippen molar-refractivity contribution in [1.82, 2.24) is 10.3 Å². The summed E-state index contributed by atoms with van der Waals surface area (Å²) in [5.74, 6) is -2.21. The maximum Gasteiger partial charge on any atom is 0.416 e. The van der Waals surface area contributed by atoms with Crippen LogP contribution in [0.5, 0.6) is 11.5 Å². The third-order valence-electron chi connectivity index (χ3n) is 6.73. The van der Waals surface area contributed by atoms with Crippen LogP contribution in [0.1, 0.15) is 47.4 Å². The fraction of sp³-hybridized carbons (Fsp3) is 0.394. The summed E-state index contributed by atoms with van der Waals surface area (Å²) in [4.78, 5) is 40.9. The second-order valence-corrected chi connectivity index (χ2v) is 10.6. The standard InChI is InChI=1S/C26H29F3N2O8.C7H8/c1-15-10-18(11-17-4-6-19(7-5-17)26(27,28)29)12-36-13-20(25(34)39-15)31-24(33)22-23(38-14-37-16(2)32)21(35-3)8-9-30-22;1-7-5-3-2-4-6-7/h4-9,15,18,20H,10-14H2,1-3H3,(H,31,33);2-6H,1H3/t15?,18?,20-;/m0./s1. The number of carbonyl (C=O) groups is 3. The fourth-order valence-electron chi connectivity index (χ4n) is 4.52. The molecule has 4 rings (SSSR count). The molecule has 0 saturated carbocycles. The fourth-order valence-corrected chi connectivity index (χ4v) is 4.52. The van der Waals surface area contributed by atoms with Crippen molar-refractivity contribution in [2.75, 3.05) is 27.1 Å². The largest absolute Gasteiger partial charge is 0.493 e. The summed E-state index contributed by atoms with van der Waals surface area (Å²) in [6.07, 6.45) is -2.85. The van der Waals surface area contributed by atoms with Gasteiger partial charge in [-0.2, -0.15) is 13.2 Å². The number of esters is 2. The first-order valence-electron chi connectivity index (χ1n) is 14.4. The van der Waals surface area contributed by atoms with E-state index >= 15 is 0 Å². The van der Waals surface area contributed by atoms with Crippen LogP contribution in [0.4, 0.5) is 13.2 Å². The van der Waals surface area contributed by atoms with Crippen molar-refractivity contribution < 1.29 is 51.2 Å². The van der Waals surface area contributed by atoms with E-state index in [1.807, 2.05) is 18.2 Å². The molecule has 3 aromatic rings. The van der Waals surface area contributed by atoms with E-state index in [4.69, 9.17) is 23.7 Å². The number of halogens is 3. The Morgan fingerprint density at radius 3 is 2.33 bits per heavy atom. The van der Waals surface area contributed by atoms with Crippen LogP contribution in [0.15, 0.2) is 66.9 Å². The van der Waals surface area contributed by atoms with Gasteiger partial charge in [-0.1, -0.05) is 48.0 Å². The lowest BCUT2D eigenvalue weighted by atomic mass is 9.94. The lowest BCUT2D eigenvalue weighted by molar-refractivity contribution is -0.151. The molecule has 0 radical (unpaired) electrons. The second kappa shape index (κ2) is 17.2. The number of amides is 1. The lowest BCUT2D eigenvalue weighted by Gasteiger charge is -2.20. The van der Waals surface area contributed by atoms with E-state index in [1.54, 1.807) is 6.92 Å². The van der Waals surface area contributed by atoms with Gasteiger partial charge in [0.1, 0.15) is 0 Å². The first-order valence-corrected chi connectivity index (χ1v) is 14.4. The van der Waals surface area contributed by atoms with Gasteiger partial charge < -0.3 is 29.0 Å². The molecule has 2 heterocycles. The average molecular weight is 647 g/mol. The number of hydrogen-bond donors (Lipinski definition) is 1. The number of alkyl halides is 3. The van der Waals surface area contributed by atoms with Gasteiger partial charge in [0.15, 0.2) is 23.2 Å². The molecule has 1 saturated heterocycles. The Bertz CT molecular complexity index is 1440. The molecule has 2 unspecified atom stereocenters. The van der Waals surface area contributed by atoms with Gasteiger partial charge in [0, 0.05) is 25.8 Å². The number of ether oxygens (including phenoxy) is 5. The minimum Gasteiger partial charge on any atom is -0.493 e. The van der Waals surface area contributed by atoms with Crippen LogP contribution in [-0.2, 0) is 36.4 Å². The number of nitrogens with one attached hydrogen (secondary N) is 1. The van der Waals surface area contributed by atoms with Crippen LogP contribution < -0.4 is 14.8 Å². The number of pyridine rings is 1. The van der Waals surface area contributed by atoms with Crippen molar-refractivity contribution >= 4 is 17.8 Å². The Balaban J connectivity index is 0.000000724. The Morgan fingerprint density at radius 1 is 1.04 bits per heavy atom. The monoisotopic (exact) mass is 646 g/mol. The number of cyclic esters (lactones) is 1. The predicted molar refractivity (Wildman–Crippen MR) is 160 cm³/mol. The normalized spacial score (nSPS) is 18.3. The molecule has 0 spiro atoms. The maximum atomic E-state index is 13.1. The van der Waals surface area contributed by atoms with Crippen molar-refractivity contribution in [1.29, 1.82) is 0 Å². The minimum atomic E-state index is -4.42. The van der Waals surface area contributed by atoms with Gasteiger partial charge in [-0.3, -0.25) is 9.59 Å². The van der Waals surface area contributed by atoms with E-state index in [0.717, 1.165) is 12.1 Å². The highest BCUT2D eigenvalue weighted by molar-refractivity contribution is 5.98. The molecule has 1 aromatic heterocycles. The van der Waals surface area contributed by atoms with Crippen LogP contribution in [0.3, 0.4) is 0 Å². The number of carbonyl (C=O) groups excluding carboxylic acids is 3. The lowest BCUT2D eigenvalue weighted by Crippen LogP contribution is -2.45. The second-order valence-electron chi connectivity index (χ2n) is 10.6. The molecular formula is C33H37F3N2O8. The van der Waals surface area contributed by atoms with Crippen molar-refractivity contribution in [3.05, 3.63) is 89.2 Å². The van der Waals surface area contributed by atoms with Gasteiger partial charge in [0.2, 0.25) is 6.79 Å². The smallest absolute Gasteiger partial charge is 0.416 e.